The van der Waals surface area contributed by atoms with E-state index < -0.39 is 11.7 Å². The third-order valence-corrected chi connectivity index (χ3v) is 12.7. The molecule has 11 rings (SSSR count). The molecule has 9 aromatic carbocycles. The van der Waals surface area contributed by atoms with Crippen LogP contribution < -0.4 is 0 Å². The molecule has 0 saturated heterocycles. The molecule has 0 aliphatic carbocycles. The minimum Gasteiger partial charge on any atom is -0.309 e. The zero-order chi connectivity index (χ0) is 44.6. The Hall–Kier alpha value is -8.14. The highest BCUT2D eigenvalue weighted by Crippen LogP contribution is 2.44. The summed E-state index contributed by atoms with van der Waals surface area (Å²) in [5.41, 5.74) is 15.4. The molecule has 0 amide bonds. The number of alkyl halides is 3. The summed E-state index contributed by atoms with van der Waals surface area (Å²) < 4.78 is 47.5. The molecular formula is C59H40F3N3. The second kappa shape index (κ2) is 15.3. The summed E-state index contributed by atoms with van der Waals surface area (Å²) in [7, 11) is 0. The maximum absolute atomic E-state index is 14.3. The van der Waals surface area contributed by atoms with Crippen molar-refractivity contribution in [2.45, 2.75) is 26.9 Å². The van der Waals surface area contributed by atoms with Crippen LogP contribution in [0, 0.1) is 32.1 Å². The Morgan fingerprint density at radius 3 is 1.38 bits per heavy atom. The number of aromatic nitrogens is 2. The van der Waals surface area contributed by atoms with Crippen LogP contribution in [0.3, 0.4) is 0 Å². The van der Waals surface area contributed by atoms with Crippen molar-refractivity contribution in [3.05, 3.63) is 216 Å². The van der Waals surface area contributed by atoms with Crippen LogP contribution in [0.1, 0.15) is 27.8 Å². The van der Waals surface area contributed by atoms with E-state index in [2.05, 4.69) is 144 Å². The SMILES string of the molecule is Cc1cccc(-c2ccc3c(c2)c2ccccc2n3-c2cc(C#N)ccc2-c2ccc(-c3cc(C)cc(C(F)(F)F)c3)cc2-n2c3ccccc3c3cc(-c4cccc(C)c4)ccc32)c1. The lowest BCUT2D eigenvalue weighted by Gasteiger charge is -2.20. The predicted molar refractivity (Wildman–Crippen MR) is 261 cm³/mol. The topological polar surface area (TPSA) is 33.6 Å². The summed E-state index contributed by atoms with van der Waals surface area (Å²) in [5.74, 6) is 0. The summed E-state index contributed by atoms with van der Waals surface area (Å²) in [5, 5.41) is 14.7. The maximum atomic E-state index is 14.3. The maximum Gasteiger partial charge on any atom is 0.416 e. The average Bonchev–Trinajstić information content (AvgIpc) is 3.83. The van der Waals surface area contributed by atoms with Gasteiger partial charge in [-0.3, -0.25) is 0 Å². The highest BCUT2D eigenvalue weighted by molar-refractivity contribution is 6.13. The summed E-state index contributed by atoms with van der Waals surface area (Å²) in [4.78, 5) is 0. The molecule has 0 radical (unpaired) electrons. The third-order valence-electron chi connectivity index (χ3n) is 12.7. The monoisotopic (exact) mass is 847 g/mol. The largest absolute Gasteiger partial charge is 0.416 e. The first-order valence-electron chi connectivity index (χ1n) is 21.6. The summed E-state index contributed by atoms with van der Waals surface area (Å²) in [6.07, 6.45) is -4.51. The number of rotatable bonds is 6. The number of aryl methyl sites for hydroxylation is 3. The van der Waals surface area contributed by atoms with Crippen molar-refractivity contribution in [2.24, 2.45) is 0 Å². The highest BCUT2D eigenvalue weighted by atomic mass is 19.4. The first-order chi connectivity index (χ1) is 31.5. The average molecular weight is 848 g/mol. The number of hydrogen-bond acceptors (Lipinski definition) is 1. The number of halogens is 3. The van der Waals surface area contributed by atoms with Gasteiger partial charge in [0, 0.05) is 32.7 Å². The third kappa shape index (κ3) is 6.85. The number of fused-ring (bicyclic) bond motifs is 6. The minimum atomic E-state index is -4.51. The van der Waals surface area contributed by atoms with Crippen molar-refractivity contribution in [3.63, 3.8) is 0 Å². The van der Waals surface area contributed by atoms with Gasteiger partial charge >= 0.3 is 6.18 Å². The lowest BCUT2D eigenvalue weighted by atomic mass is 9.94. The standard InChI is InChI=1S/C59H40F3N3/c1-36-10-8-12-40(26-36)42-20-24-55-51(32-42)47-14-4-6-16-53(47)64(55)57-30-39(35-63)18-22-49(57)50-23-19-44(45-28-38(3)29-46(31-45)59(60,61)62)34-58(50)65-54-17-7-5-15-48(54)52-33-43(21-25-56(52)65)41-13-9-11-37(2)27-41/h4-34H,1-3H3. The minimum absolute atomic E-state index is 0.472. The summed E-state index contributed by atoms with van der Waals surface area (Å²) >= 11 is 0. The molecule has 0 spiro atoms. The van der Waals surface area contributed by atoms with E-state index in [9.17, 15) is 18.4 Å². The Balaban J connectivity index is 1.21. The van der Waals surface area contributed by atoms with Crippen LogP contribution in [0.25, 0.3) is 99.5 Å². The molecule has 0 unspecified atom stereocenters. The molecule has 312 valence electrons. The molecule has 0 saturated carbocycles. The fourth-order valence-electron chi connectivity index (χ4n) is 9.72. The highest BCUT2D eigenvalue weighted by Gasteiger charge is 2.31. The summed E-state index contributed by atoms with van der Waals surface area (Å²) in [6.45, 7) is 5.89. The molecule has 2 aromatic heterocycles. The van der Waals surface area contributed by atoms with Crippen LogP contribution in [0.2, 0.25) is 0 Å². The van der Waals surface area contributed by atoms with Gasteiger partial charge in [-0.25, -0.2) is 0 Å². The number of hydrogen-bond donors (Lipinski definition) is 0. The number of nitrogens with zero attached hydrogens (tertiary/aromatic N) is 3. The van der Waals surface area contributed by atoms with Crippen molar-refractivity contribution >= 4 is 43.6 Å². The second-order valence-corrected chi connectivity index (χ2v) is 17.1. The lowest BCUT2D eigenvalue weighted by Crippen LogP contribution is -2.05. The van der Waals surface area contributed by atoms with E-state index in [1.54, 1.807) is 6.92 Å². The Labute approximate surface area is 374 Å². The molecule has 0 N–H and O–H groups in total. The van der Waals surface area contributed by atoms with E-state index in [0.29, 0.717) is 22.3 Å². The number of nitriles is 1. The van der Waals surface area contributed by atoms with Gasteiger partial charge in [0.1, 0.15) is 0 Å². The van der Waals surface area contributed by atoms with Gasteiger partial charge in [0.05, 0.1) is 50.6 Å². The van der Waals surface area contributed by atoms with Gasteiger partial charge < -0.3 is 9.13 Å². The van der Waals surface area contributed by atoms with E-state index >= 15 is 0 Å². The van der Waals surface area contributed by atoms with Gasteiger partial charge in [-0.05, 0) is 126 Å². The van der Waals surface area contributed by atoms with Gasteiger partial charge in [-0.15, -0.1) is 0 Å². The first-order valence-corrected chi connectivity index (χ1v) is 21.6. The Morgan fingerprint density at radius 1 is 0.385 bits per heavy atom. The van der Waals surface area contributed by atoms with Gasteiger partial charge in [0.15, 0.2) is 0 Å². The Bertz CT molecular complexity index is 3760. The molecule has 2 heterocycles. The molecular weight excluding hydrogens is 808 g/mol. The molecule has 0 atom stereocenters. The van der Waals surface area contributed by atoms with Crippen LogP contribution in [0.4, 0.5) is 13.2 Å². The van der Waals surface area contributed by atoms with Crippen LogP contribution in [0.5, 0.6) is 0 Å². The Kier molecular flexibility index (Phi) is 9.34. The number of para-hydroxylation sites is 2. The fourth-order valence-corrected chi connectivity index (χ4v) is 9.72. The quantitative estimate of drug-likeness (QED) is 0.164. The Morgan fingerprint density at radius 2 is 0.846 bits per heavy atom. The van der Waals surface area contributed by atoms with Crippen LogP contribution >= 0.6 is 0 Å². The predicted octanol–water partition coefficient (Wildman–Crippen LogP) is 16.4. The zero-order valence-electron chi connectivity index (χ0n) is 35.9. The summed E-state index contributed by atoms with van der Waals surface area (Å²) in [6, 6.07) is 65.1. The van der Waals surface area contributed by atoms with Crippen LogP contribution in [-0.4, -0.2) is 9.13 Å². The fraction of sp³-hybridized carbons (Fsp3) is 0.0678. The molecule has 0 aliphatic heterocycles. The number of benzene rings is 9. The molecule has 65 heavy (non-hydrogen) atoms. The molecule has 0 fully saturated rings. The normalized spacial score (nSPS) is 11.8. The van der Waals surface area contributed by atoms with E-state index in [0.717, 1.165) is 88.4 Å². The van der Waals surface area contributed by atoms with Crippen molar-refractivity contribution in [3.8, 4) is 62.0 Å². The molecule has 0 bridgehead atoms. The molecule has 11 aromatic rings. The van der Waals surface area contributed by atoms with Crippen LogP contribution in [0.15, 0.2) is 188 Å². The van der Waals surface area contributed by atoms with Crippen molar-refractivity contribution in [2.75, 3.05) is 0 Å². The molecule has 6 heteroatoms. The second-order valence-electron chi connectivity index (χ2n) is 17.1. The van der Waals surface area contributed by atoms with E-state index in [4.69, 9.17) is 0 Å². The van der Waals surface area contributed by atoms with E-state index in [-0.39, 0.29) is 0 Å². The first kappa shape index (κ1) is 39.7. The zero-order valence-corrected chi connectivity index (χ0v) is 35.9. The van der Waals surface area contributed by atoms with Crippen molar-refractivity contribution in [1.29, 1.82) is 5.26 Å². The van der Waals surface area contributed by atoms with E-state index in [1.165, 1.54) is 23.3 Å². The van der Waals surface area contributed by atoms with Crippen molar-refractivity contribution in [1.82, 2.24) is 9.13 Å². The smallest absolute Gasteiger partial charge is 0.309 e. The lowest BCUT2D eigenvalue weighted by molar-refractivity contribution is -0.137. The van der Waals surface area contributed by atoms with Gasteiger partial charge in [0.25, 0.3) is 0 Å². The molecule has 3 nitrogen and oxygen atoms in total. The van der Waals surface area contributed by atoms with Gasteiger partial charge in [-0.1, -0.05) is 132 Å². The van der Waals surface area contributed by atoms with E-state index in [1.807, 2.05) is 60.7 Å². The molecule has 0 aliphatic rings. The van der Waals surface area contributed by atoms with Gasteiger partial charge in [0.2, 0.25) is 0 Å². The van der Waals surface area contributed by atoms with Gasteiger partial charge in [-0.2, -0.15) is 18.4 Å². The van der Waals surface area contributed by atoms with Crippen LogP contribution in [-0.2, 0) is 6.18 Å². The van der Waals surface area contributed by atoms with Crippen molar-refractivity contribution < 1.29 is 13.2 Å².